The van der Waals surface area contributed by atoms with E-state index in [4.69, 9.17) is 4.42 Å². The number of nitrogens with zero attached hydrogens (tertiary/aromatic N) is 1. The lowest BCUT2D eigenvalue weighted by Crippen LogP contribution is -2.11. The van der Waals surface area contributed by atoms with Crippen LogP contribution in [0.2, 0.25) is 0 Å². The van der Waals surface area contributed by atoms with Crippen LogP contribution >= 0.6 is 0 Å². The molecule has 62 heavy (non-hydrogen) atoms. The van der Waals surface area contributed by atoms with E-state index >= 15 is 0 Å². The summed E-state index contributed by atoms with van der Waals surface area (Å²) in [4.78, 5) is 2.41. The molecule has 0 N–H and O–H groups in total. The smallest absolute Gasteiger partial charge is 0.136 e. The van der Waals surface area contributed by atoms with Gasteiger partial charge in [-0.3, -0.25) is 0 Å². The van der Waals surface area contributed by atoms with Gasteiger partial charge >= 0.3 is 0 Å². The lowest BCUT2D eigenvalue weighted by molar-refractivity contribution is 0.669. The van der Waals surface area contributed by atoms with Crippen LogP contribution in [0.1, 0.15) is 0 Å². The van der Waals surface area contributed by atoms with Crippen LogP contribution in [0.4, 0.5) is 17.1 Å². The first-order valence-corrected chi connectivity index (χ1v) is 21.2. The second kappa shape index (κ2) is 14.8. The molecule has 0 spiro atoms. The Morgan fingerprint density at radius 2 is 0.774 bits per heavy atom. The van der Waals surface area contributed by atoms with Crippen molar-refractivity contribution in [3.05, 3.63) is 237 Å². The number of hydrogen-bond acceptors (Lipinski definition) is 2. The number of rotatable bonds is 7. The van der Waals surface area contributed by atoms with Gasteiger partial charge in [0.25, 0.3) is 0 Å². The minimum absolute atomic E-state index is 0.878. The molecule has 0 saturated carbocycles. The van der Waals surface area contributed by atoms with Crippen molar-refractivity contribution in [3.8, 4) is 44.5 Å². The van der Waals surface area contributed by atoms with Crippen molar-refractivity contribution in [2.45, 2.75) is 0 Å². The molecule has 0 atom stereocenters. The minimum Gasteiger partial charge on any atom is -0.456 e. The summed E-state index contributed by atoms with van der Waals surface area (Å²) in [6.45, 7) is 0. The van der Waals surface area contributed by atoms with Gasteiger partial charge in [-0.2, -0.15) is 0 Å². The highest BCUT2D eigenvalue weighted by molar-refractivity contribution is 6.16. The van der Waals surface area contributed by atoms with Gasteiger partial charge in [-0.05, 0) is 138 Å². The van der Waals surface area contributed by atoms with Crippen molar-refractivity contribution in [2.24, 2.45) is 0 Å². The van der Waals surface area contributed by atoms with E-state index in [0.29, 0.717) is 0 Å². The highest BCUT2D eigenvalue weighted by Gasteiger charge is 2.21. The van der Waals surface area contributed by atoms with Crippen LogP contribution in [0.15, 0.2) is 241 Å². The van der Waals surface area contributed by atoms with Crippen LogP contribution in [-0.4, -0.2) is 0 Å². The Morgan fingerprint density at radius 3 is 1.47 bits per heavy atom. The van der Waals surface area contributed by atoms with E-state index in [1.165, 1.54) is 54.6 Å². The number of hydrogen-bond donors (Lipinski definition) is 0. The fourth-order valence-corrected chi connectivity index (χ4v) is 9.30. The topological polar surface area (TPSA) is 16.4 Å². The zero-order chi connectivity index (χ0) is 41.0. The zero-order valence-corrected chi connectivity index (χ0v) is 33.9. The van der Waals surface area contributed by atoms with Crippen LogP contribution in [0, 0.1) is 0 Å². The SMILES string of the molecule is c1cc(-c2ccc(N(c3cccc(-c4ccc5ccccc5c4)c3)c3ccccc3-c3cccc4oc5cc6ccccc6cc5c34)cc2)cc(-c2ccc3ccccc3c2)c1. The molecule has 2 heteroatoms. The maximum atomic E-state index is 6.58. The lowest BCUT2D eigenvalue weighted by Gasteiger charge is -2.28. The summed E-state index contributed by atoms with van der Waals surface area (Å²) in [5.74, 6) is 0. The Hall–Kier alpha value is -8.20. The third kappa shape index (κ3) is 6.29. The van der Waals surface area contributed by atoms with E-state index < -0.39 is 0 Å². The van der Waals surface area contributed by atoms with Gasteiger partial charge in [0.2, 0.25) is 0 Å². The van der Waals surface area contributed by atoms with Crippen LogP contribution < -0.4 is 4.90 Å². The first-order valence-electron chi connectivity index (χ1n) is 21.2. The van der Waals surface area contributed by atoms with Crippen LogP contribution in [-0.2, 0) is 0 Å². The molecule has 12 aromatic rings. The maximum Gasteiger partial charge on any atom is 0.136 e. The molecular weight excluding hydrogens is 751 g/mol. The van der Waals surface area contributed by atoms with Crippen molar-refractivity contribution < 1.29 is 4.42 Å². The number of anilines is 3. The summed E-state index contributed by atoms with van der Waals surface area (Å²) in [7, 11) is 0. The molecule has 12 rings (SSSR count). The lowest BCUT2D eigenvalue weighted by atomic mass is 9.95. The third-order valence-electron chi connectivity index (χ3n) is 12.4. The van der Waals surface area contributed by atoms with E-state index in [9.17, 15) is 0 Å². The predicted octanol–water partition coefficient (Wildman–Crippen LogP) is 17.2. The molecule has 1 heterocycles. The van der Waals surface area contributed by atoms with E-state index in [1.807, 2.05) is 0 Å². The minimum atomic E-state index is 0.878. The summed E-state index contributed by atoms with van der Waals surface area (Å²) in [5.41, 5.74) is 14.3. The number of para-hydroxylation sites is 1. The highest BCUT2D eigenvalue weighted by Crippen LogP contribution is 2.46. The van der Waals surface area contributed by atoms with Crippen molar-refractivity contribution in [1.29, 1.82) is 0 Å². The second-order valence-corrected chi connectivity index (χ2v) is 16.1. The van der Waals surface area contributed by atoms with Gasteiger partial charge in [-0.1, -0.05) is 170 Å². The predicted molar refractivity (Wildman–Crippen MR) is 263 cm³/mol. The van der Waals surface area contributed by atoms with E-state index in [1.54, 1.807) is 0 Å². The average Bonchev–Trinajstić information content (AvgIpc) is 3.71. The molecule has 0 amide bonds. The van der Waals surface area contributed by atoms with Gasteiger partial charge < -0.3 is 9.32 Å². The molecule has 11 aromatic carbocycles. The standard InChI is InChI=1S/C60H39NO/c1-3-14-43-35-50(28-26-40(43)12-1)46-19-9-18-45(34-46)42-30-32-52(33-31-42)61(53-21-10-20-47(37-53)51-29-27-41-13-2-4-15-44(41)36-51)57-24-8-7-22-54(57)55-23-11-25-58-60(55)56-38-48-16-5-6-17-49(48)39-59(56)62-58/h1-39H. The summed E-state index contributed by atoms with van der Waals surface area (Å²) < 4.78 is 6.58. The monoisotopic (exact) mass is 789 g/mol. The highest BCUT2D eigenvalue weighted by atomic mass is 16.3. The van der Waals surface area contributed by atoms with Gasteiger partial charge in [0, 0.05) is 27.7 Å². The fraction of sp³-hybridized carbons (Fsp3) is 0. The van der Waals surface area contributed by atoms with Crippen molar-refractivity contribution >= 4 is 71.3 Å². The zero-order valence-electron chi connectivity index (χ0n) is 33.9. The maximum absolute atomic E-state index is 6.58. The van der Waals surface area contributed by atoms with Crippen LogP contribution in [0.5, 0.6) is 0 Å². The summed E-state index contributed by atoms with van der Waals surface area (Å²) in [6, 6.07) is 85.6. The van der Waals surface area contributed by atoms with Crippen LogP contribution in [0.3, 0.4) is 0 Å². The average molecular weight is 790 g/mol. The molecular formula is C60H39NO. The normalized spacial score (nSPS) is 11.5. The van der Waals surface area contributed by atoms with E-state index in [2.05, 4.69) is 241 Å². The summed E-state index contributed by atoms with van der Waals surface area (Å²) >= 11 is 0. The Bertz CT molecular complexity index is 3650. The molecule has 0 aliphatic carbocycles. The van der Waals surface area contributed by atoms with Gasteiger partial charge in [0.05, 0.1) is 5.69 Å². The summed E-state index contributed by atoms with van der Waals surface area (Å²) in [6.07, 6.45) is 0. The van der Waals surface area contributed by atoms with Crippen molar-refractivity contribution in [3.63, 3.8) is 0 Å². The van der Waals surface area contributed by atoms with Gasteiger partial charge in [0.15, 0.2) is 0 Å². The van der Waals surface area contributed by atoms with E-state index in [-0.39, 0.29) is 0 Å². The number of benzene rings is 11. The third-order valence-corrected chi connectivity index (χ3v) is 12.4. The molecule has 0 bridgehead atoms. The Labute approximate surface area is 360 Å². The Kier molecular flexibility index (Phi) is 8.53. The Balaban J connectivity index is 1.01. The Morgan fingerprint density at radius 1 is 0.274 bits per heavy atom. The molecule has 290 valence electrons. The molecule has 0 fully saturated rings. The fourth-order valence-electron chi connectivity index (χ4n) is 9.30. The van der Waals surface area contributed by atoms with Crippen molar-refractivity contribution in [1.82, 2.24) is 0 Å². The van der Waals surface area contributed by atoms with Crippen molar-refractivity contribution in [2.75, 3.05) is 4.90 Å². The van der Waals surface area contributed by atoms with Gasteiger partial charge in [-0.25, -0.2) is 0 Å². The first-order chi connectivity index (χ1) is 30.7. The van der Waals surface area contributed by atoms with Gasteiger partial charge in [-0.15, -0.1) is 0 Å². The second-order valence-electron chi connectivity index (χ2n) is 16.1. The quantitative estimate of drug-likeness (QED) is 0.160. The largest absolute Gasteiger partial charge is 0.456 e. The molecule has 0 aliphatic rings. The molecule has 0 radical (unpaired) electrons. The summed E-state index contributed by atoms with van der Waals surface area (Å²) in [5, 5.41) is 9.56. The molecule has 2 nitrogen and oxygen atoms in total. The van der Waals surface area contributed by atoms with E-state index in [0.717, 1.165) is 61.3 Å². The van der Waals surface area contributed by atoms with Crippen LogP contribution in [0.25, 0.3) is 98.8 Å². The number of fused-ring (bicyclic) bond motifs is 6. The molecule has 0 saturated heterocycles. The molecule has 0 unspecified atom stereocenters. The number of furan rings is 1. The molecule has 1 aromatic heterocycles. The first kappa shape index (κ1) is 35.7. The van der Waals surface area contributed by atoms with Gasteiger partial charge in [0.1, 0.15) is 11.2 Å². The molecule has 0 aliphatic heterocycles.